The van der Waals surface area contributed by atoms with Crippen LogP contribution in [0, 0.1) is 5.21 Å². The number of alkyl halides is 2. The Bertz CT molecular complexity index is 773. The van der Waals surface area contributed by atoms with E-state index in [-0.39, 0.29) is 28.6 Å². The van der Waals surface area contributed by atoms with Crippen molar-refractivity contribution in [3.63, 3.8) is 0 Å². The highest BCUT2D eigenvalue weighted by molar-refractivity contribution is 7.13. The molecule has 0 unspecified atom stereocenters. The number of thiazole rings is 1. The highest BCUT2D eigenvalue weighted by Crippen LogP contribution is 2.24. The molecule has 0 saturated carbocycles. The summed E-state index contributed by atoms with van der Waals surface area (Å²) in [6.45, 7) is 3.74. The van der Waals surface area contributed by atoms with Crippen LogP contribution in [-0.2, 0) is 0 Å². The van der Waals surface area contributed by atoms with Crippen molar-refractivity contribution in [2.24, 2.45) is 0 Å². The zero-order chi connectivity index (χ0) is 19.5. The molecule has 0 N–H and O–H groups in total. The first kappa shape index (κ1) is 20.0. The highest BCUT2D eigenvalue weighted by atomic mass is 32.1. The minimum absolute atomic E-state index is 0.0596. The molecule has 142 valence electrons. The van der Waals surface area contributed by atoms with Gasteiger partial charge in [0.2, 0.25) is 6.20 Å². The third-order valence-corrected chi connectivity index (χ3v) is 4.65. The molecular formula is C17H21F2N3O3S. The van der Waals surface area contributed by atoms with Gasteiger partial charge in [-0.2, -0.15) is 4.73 Å². The molecule has 0 radical (unpaired) electrons. The Kier molecular flexibility index (Phi) is 6.12. The van der Waals surface area contributed by atoms with Crippen LogP contribution in [0.1, 0.15) is 31.3 Å². The SMILES string of the molecule is CN(C(=O)c1csc(-c2ccc(OC(CF)CF)c[n+]2[O-])n1)C(C)(C)C. The normalized spacial score (nSPS) is 11.7. The van der Waals surface area contributed by atoms with Crippen LogP contribution in [0.4, 0.5) is 8.78 Å². The predicted octanol–water partition coefficient (Wildman–Crippen LogP) is 3.00. The number of ether oxygens (including phenoxy) is 1. The predicted molar refractivity (Wildman–Crippen MR) is 94.7 cm³/mol. The van der Waals surface area contributed by atoms with E-state index >= 15 is 0 Å². The summed E-state index contributed by atoms with van der Waals surface area (Å²) in [6, 6.07) is 2.88. The summed E-state index contributed by atoms with van der Waals surface area (Å²) in [5.41, 5.74) is 0.108. The Labute approximate surface area is 154 Å². The Morgan fingerprint density at radius 3 is 2.58 bits per heavy atom. The molecule has 0 atom stereocenters. The summed E-state index contributed by atoms with van der Waals surface area (Å²) < 4.78 is 30.6. The fourth-order valence-electron chi connectivity index (χ4n) is 1.96. The molecule has 2 aromatic heterocycles. The van der Waals surface area contributed by atoms with Crippen LogP contribution in [0.3, 0.4) is 0 Å². The first-order chi connectivity index (χ1) is 12.2. The van der Waals surface area contributed by atoms with E-state index < -0.39 is 19.5 Å². The van der Waals surface area contributed by atoms with Crippen molar-refractivity contribution in [2.75, 3.05) is 20.4 Å². The van der Waals surface area contributed by atoms with E-state index in [1.807, 2.05) is 20.8 Å². The maximum absolute atomic E-state index is 12.5. The van der Waals surface area contributed by atoms with Crippen LogP contribution >= 0.6 is 11.3 Å². The van der Waals surface area contributed by atoms with E-state index in [1.54, 1.807) is 17.3 Å². The number of nitrogens with zero attached hydrogens (tertiary/aromatic N) is 3. The second kappa shape index (κ2) is 7.94. The molecule has 2 rings (SSSR count). The van der Waals surface area contributed by atoms with Crippen molar-refractivity contribution in [3.05, 3.63) is 34.6 Å². The van der Waals surface area contributed by atoms with E-state index in [2.05, 4.69) is 4.98 Å². The van der Waals surface area contributed by atoms with Crippen molar-refractivity contribution in [3.8, 4) is 16.5 Å². The van der Waals surface area contributed by atoms with Gasteiger partial charge < -0.3 is 14.8 Å². The molecule has 0 saturated heterocycles. The van der Waals surface area contributed by atoms with Crippen LogP contribution in [0.25, 0.3) is 10.7 Å². The topological polar surface area (TPSA) is 69.4 Å². The number of amides is 1. The number of carbonyl (C=O) groups is 1. The lowest BCUT2D eigenvalue weighted by Crippen LogP contribution is -2.42. The molecule has 0 aliphatic rings. The fraction of sp³-hybridized carbons (Fsp3) is 0.471. The molecule has 6 nitrogen and oxygen atoms in total. The van der Waals surface area contributed by atoms with Gasteiger partial charge in [0.1, 0.15) is 19.0 Å². The van der Waals surface area contributed by atoms with Gasteiger partial charge in [-0.05, 0) is 26.8 Å². The molecule has 0 spiro atoms. The summed E-state index contributed by atoms with van der Waals surface area (Å²) in [4.78, 5) is 18.3. The van der Waals surface area contributed by atoms with Crippen LogP contribution in [0.2, 0.25) is 0 Å². The first-order valence-corrected chi connectivity index (χ1v) is 8.81. The number of halogens is 2. The van der Waals surface area contributed by atoms with Crippen molar-refractivity contribution in [1.82, 2.24) is 9.88 Å². The van der Waals surface area contributed by atoms with E-state index in [1.165, 1.54) is 12.1 Å². The second-order valence-electron chi connectivity index (χ2n) is 6.70. The molecule has 9 heteroatoms. The van der Waals surface area contributed by atoms with Gasteiger partial charge in [-0.15, -0.1) is 11.3 Å². The zero-order valence-corrected chi connectivity index (χ0v) is 15.8. The fourth-order valence-corrected chi connectivity index (χ4v) is 2.77. The molecular weight excluding hydrogens is 364 g/mol. The van der Waals surface area contributed by atoms with Gasteiger partial charge in [-0.1, -0.05) is 0 Å². The van der Waals surface area contributed by atoms with Gasteiger partial charge in [0.05, 0.1) is 0 Å². The number of aromatic nitrogens is 2. The van der Waals surface area contributed by atoms with Crippen LogP contribution in [0.15, 0.2) is 23.7 Å². The van der Waals surface area contributed by atoms with Crippen LogP contribution < -0.4 is 9.47 Å². The third kappa shape index (κ3) is 4.46. The molecule has 26 heavy (non-hydrogen) atoms. The molecule has 0 fully saturated rings. The summed E-state index contributed by atoms with van der Waals surface area (Å²) >= 11 is 1.16. The molecule has 2 heterocycles. The monoisotopic (exact) mass is 385 g/mol. The average molecular weight is 385 g/mol. The average Bonchev–Trinajstić information content (AvgIpc) is 3.07. The third-order valence-electron chi connectivity index (χ3n) is 3.79. The van der Waals surface area contributed by atoms with E-state index in [4.69, 9.17) is 4.74 Å². The maximum Gasteiger partial charge on any atom is 0.273 e. The van der Waals surface area contributed by atoms with Crippen molar-refractivity contribution < 1.29 is 23.0 Å². The Morgan fingerprint density at radius 1 is 1.38 bits per heavy atom. The summed E-state index contributed by atoms with van der Waals surface area (Å²) in [5.74, 6) is -0.185. The molecule has 0 bridgehead atoms. The van der Waals surface area contributed by atoms with Gasteiger partial charge >= 0.3 is 0 Å². The van der Waals surface area contributed by atoms with E-state index in [0.29, 0.717) is 9.74 Å². The van der Waals surface area contributed by atoms with Crippen molar-refractivity contribution >= 4 is 17.2 Å². The first-order valence-electron chi connectivity index (χ1n) is 7.93. The van der Waals surface area contributed by atoms with Crippen molar-refractivity contribution in [2.45, 2.75) is 32.4 Å². The van der Waals surface area contributed by atoms with Gasteiger partial charge in [-0.3, -0.25) is 4.79 Å². The number of carbonyl (C=O) groups excluding carboxylic acids is 1. The highest BCUT2D eigenvalue weighted by Gasteiger charge is 2.26. The van der Waals surface area contributed by atoms with Crippen LogP contribution in [0.5, 0.6) is 5.75 Å². The smallest absolute Gasteiger partial charge is 0.273 e. The molecule has 1 amide bonds. The number of hydrogen-bond acceptors (Lipinski definition) is 5. The maximum atomic E-state index is 12.5. The van der Waals surface area contributed by atoms with Crippen LogP contribution in [-0.4, -0.2) is 47.8 Å². The van der Waals surface area contributed by atoms with E-state index in [0.717, 1.165) is 17.5 Å². The summed E-state index contributed by atoms with van der Waals surface area (Å²) in [6.07, 6.45) is -0.157. The number of hydrogen-bond donors (Lipinski definition) is 0. The largest absolute Gasteiger partial charge is 0.618 e. The lowest BCUT2D eigenvalue weighted by atomic mass is 10.1. The van der Waals surface area contributed by atoms with Gasteiger partial charge in [0.25, 0.3) is 11.6 Å². The Morgan fingerprint density at radius 2 is 2.04 bits per heavy atom. The molecule has 0 aliphatic heterocycles. The second-order valence-corrected chi connectivity index (χ2v) is 7.56. The zero-order valence-electron chi connectivity index (χ0n) is 15.0. The lowest BCUT2D eigenvalue weighted by Gasteiger charge is -2.31. The summed E-state index contributed by atoms with van der Waals surface area (Å²) in [5, 5.41) is 14.1. The van der Waals surface area contributed by atoms with Crippen molar-refractivity contribution in [1.29, 1.82) is 0 Å². The van der Waals surface area contributed by atoms with E-state index in [9.17, 15) is 18.8 Å². The number of rotatable bonds is 6. The minimum atomic E-state index is -1.24. The Balaban J connectivity index is 2.22. The summed E-state index contributed by atoms with van der Waals surface area (Å²) in [7, 11) is 1.69. The minimum Gasteiger partial charge on any atom is -0.618 e. The van der Waals surface area contributed by atoms with Gasteiger partial charge in [0.15, 0.2) is 16.9 Å². The Hall–Kier alpha value is -2.29. The lowest BCUT2D eigenvalue weighted by molar-refractivity contribution is -0.594. The molecule has 2 aromatic rings. The molecule has 0 aromatic carbocycles. The van der Waals surface area contributed by atoms with Gasteiger partial charge in [0, 0.05) is 24.0 Å². The van der Waals surface area contributed by atoms with Gasteiger partial charge in [-0.25, -0.2) is 13.8 Å². The number of pyridine rings is 1. The quantitative estimate of drug-likeness (QED) is 0.566. The molecule has 0 aliphatic carbocycles. The standard InChI is InChI=1S/C17H21F2N3O3S/c1-17(2,3)21(4)16(23)13-10-26-15(20-13)14-6-5-11(9-22(14)24)25-12(7-18)8-19/h5-6,9-10,12H,7-8H2,1-4H3.